The lowest BCUT2D eigenvalue weighted by atomic mass is 9.85. The van der Waals surface area contributed by atoms with E-state index in [1.165, 1.54) is 5.56 Å². The third kappa shape index (κ3) is 2.73. The topological polar surface area (TPSA) is 63.8 Å². The highest BCUT2D eigenvalue weighted by atomic mass is 16.3. The highest BCUT2D eigenvalue weighted by molar-refractivity contribution is 5.19. The first-order valence-electron chi connectivity index (χ1n) is 6.05. The molecule has 0 aliphatic carbocycles. The van der Waals surface area contributed by atoms with Crippen molar-refractivity contribution >= 4 is 0 Å². The first-order valence-corrected chi connectivity index (χ1v) is 6.05. The number of hydrogen-bond donors (Lipinski definition) is 1. The first-order chi connectivity index (χ1) is 8.63. The van der Waals surface area contributed by atoms with Gasteiger partial charge in [0.15, 0.2) is 5.82 Å². The molecule has 18 heavy (non-hydrogen) atoms. The van der Waals surface area contributed by atoms with E-state index >= 15 is 0 Å². The van der Waals surface area contributed by atoms with Gasteiger partial charge in [-0.3, -0.25) is 0 Å². The molecule has 0 bridgehead atoms. The minimum absolute atomic E-state index is 0.0411. The van der Waals surface area contributed by atoms with Crippen molar-refractivity contribution in [2.24, 2.45) is 0 Å². The largest absolute Gasteiger partial charge is 0.394 e. The van der Waals surface area contributed by atoms with Crippen LogP contribution in [0.3, 0.4) is 0 Å². The maximum absolute atomic E-state index is 9.00. The quantitative estimate of drug-likeness (QED) is 0.860. The number of aliphatic hydroxyl groups excluding tert-OH is 1. The van der Waals surface area contributed by atoms with Crippen molar-refractivity contribution in [3.63, 3.8) is 0 Å². The highest BCUT2D eigenvalue weighted by Crippen LogP contribution is 2.25. The van der Waals surface area contributed by atoms with Crippen molar-refractivity contribution in [3.8, 4) is 0 Å². The lowest BCUT2D eigenvalue weighted by Gasteiger charge is -2.23. The zero-order valence-corrected chi connectivity index (χ0v) is 10.7. The molecule has 0 aliphatic heterocycles. The van der Waals surface area contributed by atoms with E-state index < -0.39 is 0 Å². The Bertz CT molecular complexity index is 493. The lowest BCUT2D eigenvalue weighted by molar-refractivity contribution is 0.261. The fourth-order valence-corrected chi connectivity index (χ4v) is 2.12. The summed E-state index contributed by atoms with van der Waals surface area (Å²) in [5, 5.41) is 20.7. The van der Waals surface area contributed by atoms with Crippen molar-refractivity contribution in [1.29, 1.82) is 0 Å². The van der Waals surface area contributed by atoms with Crippen molar-refractivity contribution in [1.82, 2.24) is 20.2 Å². The number of tetrazole rings is 1. The van der Waals surface area contributed by atoms with Crippen LogP contribution in [0, 0.1) is 0 Å². The minimum atomic E-state index is -0.167. The van der Waals surface area contributed by atoms with Crippen molar-refractivity contribution < 1.29 is 5.11 Å². The summed E-state index contributed by atoms with van der Waals surface area (Å²) in [7, 11) is 0. The smallest absolute Gasteiger partial charge is 0.157 e. The van der Waals surface area contributed by atoms with Crippen LogP contribution >= 0.6 is 0 Å². The fraction of sp³-hybridized carbons (Fsp3) is 0.462. The Morgan fingerprint density at radius 1 is 1.22 bits per heavy atom. The van der Waals surface area contributed by atoms with Crippen LogP contribution in [0.15, 0.2) is 30.3 Å². The molecular weight excluding hydrogens is 228 g/mol. The molecule has 0 unspecified atom stereocenters. The second kappa shape index (κ2) is 5.27. The van der Waals surface area contributed by atoms with Crippen LogP contribution in [0.4, 0.5) is 0 Å². The molecule has 0 saturated carbocycles. The Balaban J connectivity index is 2.22. The zero-order chi connectivity index (χ0) is 13.0. The summed E-state index contributed by atoms with van der Waals surface area (Å²) in [4.78, 5) is 0. The SMILES string of the molecule is CC(C)(Cc1ccccc1)c1nnnn1CCO. The van der Waals surface area contributed by atoms with E-state index in [0.29, 0.717) is 6.54 Å². The third-order valence-corrected chi connectivity index (χ3v) is 2.94. The van der Waals surface area contributed by atoms with Crippen LogP contribution in [0.1, 0.15) is 25.2 Å². The van der Waals surface area contributed by atoms with Gasteiger partial charge in [-0.2, -0.15) is 0 Å². The van der Waals surface area contributed by atoms with Gasteiger partial charge in [0, 0.05) is 5.41 Å². The van der Waals surface area contributed by atoms with Crippen molar-refractivity contribution in [2.45, 2.75) is 32.2 Å². The third-order valence-electron chi connectivity index (χ3n) is 2.94. The minimum Gasteiger partial charge on any atom is -0.394 e. The Kier molecular flexibility index (Phi) is 3.72. The predicted octanol–water partition coefficient (Wildman–Crippen LogP) is 1.19. The average molecular weight is 246 g/mol. The van der Waals surface area contributed by atoms with Gasteiger partial charge in [-0.25, -0.2) is 4.68 Å². The number of nitrogens with zero attached hydrogens (tertiary/aromatic N) is 4. The van der Waals surface area contributed by atoms with Gasteiger partial charge in [-0.15, -0.1) is 5.10 Å². The summed E-state index contributed by atoms with van der Waals surface area (Å²) in [6.07, 6.45) is 0.861. The van der Waals surface area contributed by atoms with Crippen LogP contribution in [-0.4, -0.2) is 31.9 Å². The highest BCUT2D eigenvalue weighted by Gasteiger charge is 2.27. The Hall–Kier alpha value is -1.75. The van der Waals surface area contributed by atoms with Crippen molar-refractivity contribution in [2.75, 3.05) is 6.61 Å². The molecule has 96 valence electrons. The molecule has 0 spiro atoms. The number of aromatic nitrogens is 4. The Labute approximate surface area is 106 Å². The lowest BCUT2D eigenvalue weighted by Crippen LogP contribution is -2.27. The van der Waals surface area contributed by atoms with Gasteiger partial charge in [-0.05, 0) is 22.4 Å². The summed E-state index contributed by atoms with van der Waals surface area (Å²) in [5.74, 6) is 0.806. The molecule has 0 saturated heterocycles. The van der Waals surface area contributed by atoms with Crippen LogP contribution in [-0.2, 0) is 18.4 Å². The van der Waals surface area contributed by atoms with Crippen LogP contribution in [0.25, 0.3) is 0 Å². The van der Waals surface area contributed by atoms with Crippen molar-refractivity contribution in [3.05, 3.63) is 41.7 Å². The van der Waals surface area contributed by atoms with E-state index in [2.05, 4.69) is 41.5 Å². The average Bonchev–Trinajstić information content (AvgIpc) is 2.79. The number of rotatable bonds is 5. The molecule has 0 atom stereocenters. The maximum atomic E-state index is 9.00. The molecule has 5 nitrogen and oxygen atoms in total. The van der Waals surface area contributed by atoms with Gasteiger partial charge >= 0.3 is 0 Å². The van der Waals surface area contributed by atoms with E-state index in [4.69, 9.17) is 5.11 Å². The summed E-state index contributed by atoms with van der Waals surface area (Å²) in [6, 6.07) is 10.3. The molecule has 5 heteroatoms. The Morgan fingerprint density at radius 2 is 1.94 bits per heavy atom. The molecule has 2 aromatic rings. The monoisotopic (exact) mass is 246 g/mol. The van der Waals surface area contributed by atoms with Gasteiger partial charge in [-0.1, -0.05) is 44.2 Å². The second-order valence-electron chi connectivity index (χ2n) is 5.00. The molecule has 1 aromatic carbocycles. The number of hydrogen-bond acceptors (Lipinski definition) is 4. The molecule has 0 aliphatic rings. The molecule has 0 amide bonds. The van der Waals surface area contributed by atoms with E-state index in [9.17, 15) is 0 Å². The second-order valence-corrected chi connectivity index (χ2v) is 5.00. The Morgan fingerprint density at radius 3 is 2.61 bits per heavy atom. The molecule has 0 radical (unpaired) electrons. The normalized spacial score (nSPS) is 11.7. The van der Waals surface area contributed by atoms with Gasteiger partial charge in [0.1, 0.15) is 0 Å². The fourth-order valence-electron chi connectivity index (χ4n) is 2.12. The molecule has 2 rings (SSSR count). The number of aliphatic hydroxyl groups is 1. The molecule has 0 fully saturated rings. The van der Waals surface area contributed by atoms with E-state index in [1.54, 1.807) is 4.68 Å². The van der Waals surface area contributed by atoms with E-state index in [-0.39, 0.29) is 12.0 Å². The van der Waals surface area contributed by atoms with E-state index in [1.807, 2.05) is 18.2 Å². The molecular formula is C13H18N4O. The zero-order valence-electron chi connectivity index (χ0n) is 10.7. The van der Waals surface area contributed by atoms with Gasteiger partial charge in [0.25, 0.3) is 0 Å². The summed E-state index contributed by atoms with van der Waals surface area (Å²) in [6.45, 7) is 4.69. The van der Waals surface area contributed by atoms with Gasteiger partial charge < -0.3 is 5.11 Å². The van der Waals surface area contributed by atoms with Gasteiger partial charge in [0.05, 0.1) is 13.2 Å². The van der Waals surface area contributed by atoms with E-state index in [0.717, 1.165) is 12.2 Å². The van der Waals surface area contributed by atoms with Crippen LogP contribution < -0.4 is 0 Å². The number of benzene rings is 1. The van der Waals surface area contributed by atoms with Gasteiger partial charge in [0.2, 0.25) is 0 Å². The molecule has 1 heterocycles. The molecule has 1 aromatic heterocycles. The standard InChI is InChI=1S/C13H18N4O/c1-13(2,10-11-6-4-3-5-7-11)12-14-15-16-17(12)8-9-18/h3-7,18H,8-10H2,1-2H3. The maximum Gasteiger partial charge on any atom is 0.157 e. The molecule has 1 N–H and O–H groups in total. The predicted molar refractivity (Wildman–Crippen MR) is 68.1 cm³/mol. The summed E-state index contributed by atoms with van der Waals surface area (Å²) >= 11 is 0. The van der Waals surface area contributed by atoms with Crippen LogP contribution in [0.5, 0.6) is 0 Å². The van der Waals surface area contributed by atoms with Crippen LogP contribution in [0.2, 0.25) is 0 Å². The summed E-state index contributed by atoms with van der Waals surface area (Å²) in [5.41, 5.74) is 1.08. The summed E-state index contributed by atoms with van der Waals surface area (Å²) < 4.78 is 1.67. The first kappa shape index (κ1) is 12.7.